The van der Waals surface area contributed by atoms with E-state index in [1.807, 2.05) is 24.0 Å². The topological polar surface area (TPSA) is 45.5 Å². The zero-order valence-corrected chi connectivity index (χ0v) is 18.9. The number of halogens is 3. The molecule has 0 aliphatic carbocycles. The molecule has 26 heavy (non-hydrogen) atoms. The molecule has 2 aromatic rings. The molecule has 2 heterocycles. The van der Waals surface area contributed by atoms with Crippen LogP contribution in [-0.4, -0.2) is 40.8 Å². The van der Waals surface area contributed by atoms with Crippen LogP contribution in [0.5, 0.6) is 0 Å². The first kappa shape index (κ1) is 21.1. The molecule has 1 aliphatic heterocycles. The van der Waals surface area contributed by atoms with Crippen molar-refractivity contribution in [1.29, 1.82) is 0 Å². The Kier molecular flexibility index (Phi) is 7.87. The molecule has 1 N–H and O–H groups in total. The van der Waals surface area contributed by atoms with Crippen LogP contribution in [0.2, 0.25) is 0 Å². The second-order valence-corrected chi connectivity index (χ2v) is 7.33. The largest absolute Gasteiger partial charge is 0.352 e. The molecule has 1 aliphatic rings. The Hall–Kier alpha value is -1.16. The first-order valence-electron chi connectivity index (χ1n) is 8.42. The van der Waals surface area contributed by atoms with E-state index < -0.39 is 0 Å². The van der Waals surface area contributed by atoms with Crippen LogP contribution >= 0.6 is 39.9 Å². The van der Waals surface area contributed by atoms with E-state index in [0.29, 0.717) is 16.9 Å². The fraction of sp³-hybridized carbons (Fsp3) is 0.444. The highest BCUT2D eigenvalue weighted by Crippen LogP contribution is 2.21. The van der Waals surface area contributed by atoms with E-state index in [2.05, 4.69) is 42.4 Å². The number of benzene rings is 1. The molecule has 5 nitrogen and oxygen atoms in total. The predicted octanol–water partition coefficient (Wildman–Crippen LogP) is 3.58. The summed E-state index contributed by atoms with van der Waals surface area (Å²) in [5, 5.41) is 7.58. The lowest BCUT2D eigenvalue weighted by atomic mass is 10.0. The maximum Gasteiger partial charge on any atom is 0.193 e. The van der Waals surface area contributed by atoms with Gasteiger partial charge in [0.05, 0.1) is 10.7 Å². The van der Waals surface area contributed by atoms with E-state index in [-0.39, 0.29) is 29.8 Å². The van der Waals surface area contributed by atoms with Crippen molar-refractivity contribution in [2.45, 2.75) is 19.4 Å². The summed E-state index contributed by atoms with van der Waals surface area (Å²) in [4.78, 5) is 6.66. The van der Waals surface area contributed by atoms with E-state index in [1.54, 1.807) is 19.2 Å². The average Bonchev–Trinajstić information content (AvgIpc) is 3.21. The summed E-state index contributed by atoms with van der Waals surface area (Å²) in [5.74, 6) is 1.23. The number of guanidine groups is 1. The number of hydrogen-bond donors (Lipinski definition) is 1. The monoisotopic (exact) mass is 535 g/mol. The van der Waals surface area contributed by atoms with Crippen LogP contribution in [0.15, 0.2) is 40.1 Å². The van der Waals surface area contributed by atoms with E-state index in [0.717, 1.165) is 37.5 Å². The van der Waals surface area contributed by atoms with Crippen molar-refractivity contribution in [1.82, 2.24) is 20.0 Å². The molecule has 1 fully saturated rings. The number of nitrogens with one attached hydrogen (secondary N) is 1. The smallest absolute Gasteiger partial charge is 0.193 e. The van der Waals surface area contributed by atoms with Crippen LogP contribution in [0.3, 0.4) is 0 Å². The van der Waals surface area contributed by atoms with Gasteiger partial charge in [-0.15, -0.1) is 24.0 Å². The van der Waals surface area contributed by atoms with E-state index in [1.165, 1.54) is 5.56 Å². The lowest BCUT2D eigenvalue weighted by Gasteiger charge is -2.21. The maximum absolute atomic E-state index is 13.6. The summed E-state index contributed by atoms with van der Waals surface area (Å²) >= 11 is 3.18. The number of nitrogens with zero attached hydrogens (tertiary/aromatic N) is 4. The quantitative estimate of drug-likeness (QED) is 0.370. The number of likely N-dealkylation sites (tertiary alicyclic amines) is 1. The van der Waals surface area contributed by atoms with Gasteiger partial charge in [-0.25, -0.2) is 4.39 Å². The van der Waals surface area contributed by atoms with Crippen LogP contribution in [0.1, 0.15) is 17.5 Å². The average molecular weight is 536 g/mol. The van der Waals surface area contributed by atoms with E-state index in [9.17, 15) is 4.39 Å². The summed E-state index contributed by atoms with van der Waals surface area (Å²) < 4.78 is 16.0. The van der Waals surface area contributed by atoms with Gasteiger partial charge in [0, 0.05) is 39.9 Å². The minimum absolute atomic E-state index is 0. The lowest BCUT2D eigenvalue weighted by Crippen LogP contribution is -2.39. The van der Waals surface area contributed by atoms with Crippen LogP contribution in [-0.2, 0) is 20.0 Å². The summed E-state index contributed by atoms with van der Waals surface area (Å²) in [6.45, 7) is 2.52. The molecular weight excluding hydrogens is 512 g/mol. The number of aliphatic imine (C=N–C) groups is 1. The minimum atomic E-state index is -0.244. The Bertz CT molecular complexity index is 764. The van der Waals surface area contributed by atoms with Gasteiger partial charge >= 0.3 is 0 Å². The third-order valence-corrected chi connectivity index (χ3v) is 5.16. The molecule has 8 heteroatoms. The number of hydrogen-bond acceptors (Lipinski definition) is 2. The molecule has 0 bridgehead atoms. The first-order valence-corrected chi connectivity index (χ1v) is 9.21. The maximum atomic E-state index is 13.6. The highest BCUT2D eigenvalue weighted by molar-refractivity contribution is 14.0. The van der Waals surface area contributed by atoms with E-state index >= 15 is 0 Å². The third kappa shape index (κ3) is 5.42. The molecule has 0 saturated carbocycles. The van der Waals surface area contributed by atoms with Gasteiger partial charge in [-0.05, 0) is 57.9 Å². The third-order valence-electron chi connectivity index (χ3n) is 4.51. The molecule has 1 aromatic carbocycles. The zero-order chi connectivity index (χ0) is 17.8. The molecular formula is C18H24BrFIN5. The second kappa shape index (κ2) is 9.68. The zero-order valence-electron chi connectivity index (χ0n) is 15.0. The van der Waals surface area contributed by atoms with Gasteiger partial charge in [0.1, 0.15) is 5.82 Å². The number of rotatable bonds is 4. The normalized spacial score (nSPS) is 17.3. The van der Waals surface area contributed by atoms with Crippen molar-refractivity contribution in [3.8, 4) is 0 Å². The van der Waals surface area contributed by atoms with Gasteiger partial charge in [-0.2, -0.15) is 5.10 Å². The van der Waals surface area contributed by atoms with Crippen molar-refractivity contribution in [3.63, 3.8) is 0 Å². The summed E-state index contributed by atoms with van der Waals surface area (Å²) in [6, 6.07) is 5.18. The number of aryl methyl sites for hydroxylation is 1. The van der Waals surface area contributed by atoms with Crippen LogP contribution in [0.25, 0.3) is 0 Å². The fourth-order valence-electron chi connectivity index (χ4n) is 3.27. The van der Waals surface area contributed by atoms with Crippen molar-refractivity contribution in [2.24, 2.45) is 18.0 Å². The molecule has 0 amide bonds. The predicted molar refractivity (Wildman–Crippen MR) is 116 cm³/mol. The molecule has 1 unspecified atom stereocenters. The van der Waals surface area contributed by atoms with Gasteiger partial charge in [0.2, 0.25) is 0 Å². The highest BCUT2D eigenvalue weighted by atomic mass is 127. The number of aromatic nitrogens is 2. The molecule has 1 atom stereocenters. The first-order chi connectivity index (χ1) is 12.0. The highest BCUT2D eigenvalue weighted by Gasteiger charge is 2.25. The van der Waals surface area contributed by atoms with Crippen LogP contribution in [0.4, 0.5) is 4.39 Å². The molecule has 142 valence electrons. The Morgan fingerprint density at radius 3 is 2.88 bits per heavy atom. The molecule has 1 saturated heterocycles. The van der Waals surface area contributed by atoms with Crippen molar-refractivity contribution in [2.75, 3.05) is 20.1 Å². The SMILES string of the molecule is CN=C(NCc1ccc(Br)c(F)c1)N1CCC(Cc2cnn(C)c2)C1.I. The van der Waals surface area contributed by atoms with Crippen molar-refractivity contribution < 1.29 is 4.39 Å². The van der Waals surface area contributed by atoms with Crippen molar-refractivity contribution in [3.05, 3.63) is 52.0 Å². The summed E-state index contributed by atoms with van der Waals surface area (Å²) in [6.07, 6.45) is 6.21. The lowest BCUT2D eigenvalue weighted by molar-refractivity contribution is 0.459. The Morgan fingerprint density at radius 1 is 1.42 bits per heavy atom. The Morgan fingerprint density at radius 2 is 2.23 bits per heavy atom. The van der Waals surface area contributed by atoms with Gasteiger partial charge in [0.25, 0.3) is 0 Å². The Labute approximate surface area is 179 Å². The van der Waals surface area contributed by atoms with Crippen molar-refractivity contribution >= 4 is 45.9 Å². The van der Waals surface area contributed by atoms with Gasteiger partial charge in [-0.3, -0.25) is 9.67 Å². The van der Waals surface area contributed by atoms with Gasteiger partial charge < -0.3 is 10.2 Å². The fourth-order valence-corrected chi connectivity index (χ4v) is 3.51. The summed E-state index contributed by atoms with van der Waals surface area (Å²) in [7, 11) is 3.74. The van der Waals surface area contributed by atoms with Crippen LogP contribution in [0, 0.1) is 11.7 Å². The molecule has 0 spiro atoms. The van der Waals surface area contributed by atoms with Gasteiger partial charge in [-0.1, -0.05) is 6.07 Å². The molecule has 0 radical (unpaired) electrons. The van der Waals surface area contributed by atoms with E-state index in [4.69, 9.17) is 0 Å². The Balaban J connectivity index is 0.00000243. The van der Waals surface area contributed by atoms with Gasteiger partial charge in [0.15, 0.2) is 5.96 Å². The van der Waals surface area contributed by atoms with Crippen LogP contribution < -0.4 is 5.32 Å². The minimum Gasteiger partial charge on any atom is -0.352 e. The molecule has 3 rings (SSSR count). The summed E-state index contributed by atoms with van der Waals surface area (Å²) in [5.41, 5.74) is 2.18. The second-order valence-electron chi connectivity index (χ2n) is 6.48. The standard InChI is InChI=1S/C18H23BrFN5.HI/c1-21-18(22-9-13-3-4-16(19)17(20)8-13)25-6-5-14(12-25)7-15-10-23-24(2)11-15;/h3-4,8,10-11,14H,5-7,9,12H2,1-2H3,(H,21,22);1H. The molecule has 1 aromatic heterocycles.